The molecule has 26 heavy (non-hydrogen) atoms. The lowest BCUT2D eigenvalue weighted by molar-refractivity contribution is -0.123. The Morgan fingerprint density at radius 2 is 1.77 bits per heavy atom. The summed E-state index contributed by atoms with van der Waals surface area (Å²) in [6.07, 6.45) is 6.13. The van der Waals surface area contributed by atoms with Crippen LogP contribution in [0.1, 0.15) is 38.5 Å². The summed E-state index contributed by atoms with van der Waals surface area (Å²) in [6.45, 7) is 2.13. The van der Waals surface area contributed by atoms with Gasteiger partial charge in [-0.05, 0) is 49.9 Å². The number of hydrogen-bond acceptors (Lipinski definition) is 4. The molecule has 6 heteroatoms. The Labute approximate surface area is 153 Å². The Bertz CT molecular complexity index is 735. The first-order valence-electron chi connectivity index (χ1n) is 9.54. The van der Waals surface area contributed by atoms with Crippen LogP contribution in [0.3, 0.4) is 0 Å². The van der Waals surface area contributed by atoms with Crippen molar-refractivity contribution < 1.29 is 14.7 Å². The summed E-state index contributed by atoms with van der Waals surface area (Å²) in [5.74, 6) is -1.21. The quantitative estimate of drug-likeness (QED) is 0.728. The largest absolute Gasteiger partial charge is 0.511 e. The smallest absolute Gasteiger partial charge is 0.264 e. The Morgan fingerprint density at radius 1 is 1.08 bits per heavy atom. The van der Waals surface area contributed by atoms with Gasteiger partial charge in [0.05, 0.1) is 0 Å². The van der Waals surface area contributed by atoms with E-state index in [0.29, 0.717) is 5.69 Å². The molecule has 1 aromatic rings. The number of nitrogens with one attached hydrogen (secondary N) is 2. The highest BCUT2D eigenvalue weighted by atomic mass is 16.3. The van der Waals surface area contributed by atoms with E-state index < -0.39 is 11.8 Å². The van der Waals surface area contributed by atoms with E-state index in [1.807, 2.05) is 24.3 Å². The van der Waals surface area contributed by atoms with E-state index >= 15 is 0 Å². The third-order valence-corrected chi connectivity index (χ3v) is 5.74. The van der Waals surface area contributed by atoms with Crippen LogP contribution in [0.25, 0.3) is 0 Å². The second-order valence-corrected chi connectivity index (χ2v) is 7.43. The zero-order chi connectivity index (χ0) is 18.1. The Hall–Kier alpha value is -2.50. The van der Waals surface area contributed by atoms with Crippen LogP contribution in [0.15, 0.2) is 35.6 Å². The van der Waals surface area contributed by atoms with E-state index in [0.717, 1.165) is 44.5 Å². The molecule has 2 atom stereocenters. The maximum absolute atomic E-state index is 12.6. The number of hydrogen-bond donors (Lipinski definition) is 3. The maximum Gasteiger partial charge on any atom is 0.264 e. The van der Waals surface area contributed by atoms with Gasteiger partial charge in [0.2, 0.25) is 0 Å². The second-order valence-electron chi connectivity index (χ2n) is 7.43. The van der Waals surface area contributed by atoms with E-state index in [4.69, 9.17) is 0 Å². The van der Waals surface area contributed by atoms with Gasteiger partial charge in [0, 0.05) is 36.4 Å². The molecule has 0 bridgehead atoms. The van der Waals surface area contributed by atoms with Gasteiger partial charge in [-0.25, -0.2) is 0 Å². The highest BCUT2D eigenvalue weighted by Crippen LogP contribution is 2.34. The van der Waals surface area contributed by atoms with E-state index in [1.54, 1.807) is 0 Å². The molecule has 1 saturated heterocycles. The van der Waals surface area contributed by atoms with Crippen LogP contribution >= 0.6 is 0 Å². The number of rotatable bonds is 3. The number of aliphatic hydroxyl groups is 1. The highest BCUT2D eigenvalue weighted by molar-refractivity contribution is 6.23. The zero-order valence-electron chi connectivity index (χ0n) is 14.8. The van der Waals surface area contributed by atoms with Gasteiger partial charge in [-0.1, -0.05) is 12.8 Å². The molecule has 2 unspecified atom stereocenters. The highest BCUT2D eigenvalue weighted by Gasteiger charge is 2.39. The van der Waals surface area contributed by atoms with Gasteiger partial charge >= 0.3 is 0 Å². The number of nitrogens with zero attached hydrogens (tertiary/aromatic N) is 1. The van der Waals surface area contributed by atoms with Crippen LogP contribution in [0.5, 0.6) is 0 Å². The first-order chi connectivity index (χ1) is 12.6. The lowest BCUT2D eigenvalue weighted by atomic mass is 9.79. The van der Waals surface area contributed by atoms with Gasteiger partial charge < -0.3 is 20.6 Å². The van der Waals surface area contributed by atoms with Gasteiger partial charge in [-0.15, -0.1) is 0 Å². The van der Waals surface area contributed by atoms with E-state index in [1.165, 1.54) is 12.8 Å². The molecule has 138 valence electrons. The lowest BCUT2D eigenvalue weighted by Gasteiger charge is -2.36. The summed E-state index contributed by atoms with van der Waals surface area (Å²) in [7, 11) is 0. The van der Waals surface area contributed by atoms with Crippen LogP contribution < -0.4 is 15.5 Å². The Balaban J connectivity index is 1.49. The molecular formula is C20H25N3O3. The van der Waals surface area contributed by atoms with Crippen molar-refractivity contribution in [2.45, 2.75) is 44.6 Å². The average Bonchev–Trinajstić information content (AvgIpc) is 3.17. The number of carbonyl (C=O) groups is 2. The summed E-state index contributed by atoms with van der Waals surface area (Å²) in [4.78, 5) is 27.2. The van der Waals surface area contributed by atoms with Crippen molar-refractivity contribution in [3.05, 3.63) is 35.6 Å². The fraction of sp³-hybridized carbons (Fsp3) is 0.500. The minimum absolute atomic E-state index is 0.0486. The summed E-state index contributed by atoms with van der Waals surface area (Å²) >= 11 is 0. The van der Waals surface area contributed by atoms with Gasteiger partial charge in [0.15, 0.2) is 0 Å². The summed E-state index contributed by atoms with van der Waals surface area (Å²) in [5, 5.41) is 16.2. The molecule has 6 nitrogen and oxygen atoms in total. The Morgan fingerprint density at radius 3 is 2.50 bits per heavy atom. The molecule has 2 amide bonds. The zero-order valence-corrected chi connectivity index (χ0v) is 14.8. The number of carbonyl (C=O) groups excluding carboxylic acids is 2. The number of fused-ring (bicyclic) bond motifs is 1. The van der Waals surface area contributed by atoms with Crippen molar-refractivity contribution in [3.8, 4) is 0 Å². The Kier molecular flexibility index (Phi) is 4.57. The predicted molar refractivity (Wildman–Crippen MR) is 100 cm³/mol. The van der Waals surface area contributed by atoms with Crippen molar-refractivity contribution in [1.29, 1.82) is 0 Å². The number of benzene rings is 1. The van der Waals surface area contributed by atoms with Crippen molar-refractivity contribution in [2.24, 2.45) is 5.92 Å². The maximum atomic E-state index is 12.6. The van der Waals surface area contributed by atoms with Crippen LogP contribution in [0, 0.1) is 5.92 Å². The summed E-state index contributed by atoms with van der Waals surface area (Å²) in [6, 6.07) is 7.59. The monoisotopic (exact) mass is 355 g/mol. The summed E-state index contributed by atoms with van der Waals surface area (Å²) in [5.41, 5.74) is 1.62. The van der Waals surface area contributed by atoms with Gasteiger partial charge in [0.25, 0.3) is 11.8 Å². The molecule has 3 N–H and O–H groups in total. The molecule has 4 rings (SSSR count). The van der Waals surface area contributed by atoms with Crippen molar-refractivity contribution in [1.82, 2.24) is 5.32 Å². The van der Waals surface area contributed by atoms with Crippen molar-refractivity contribution in [2.75, 3.05) is 23.3 Å². The fourth-order valence-corrected chi connectivity index (χ4v) is 4.32. The lowest BCUT2D eigenvalue weighted by Crippen LogP contribution is -2.50. The molecule has 2 fully saturated rings. The predicted octanol–water partition coefficient (Wildman–Crippen LogP) is 2.73. The van der Waals surface area contributed by atoms with E-state index in [9.17, 15) is 14.7 Å². The molecule has 0 aromatic heterocycles. The minimum Gasteiger partial charge on any atom is -0.511 e. The van der Waals surface area contributed by atoms with Crippen molar-refractivity contribution in [3.63, 3.8) is 0 Å². The average molecular weight is 355 g/mol. The molecule has 1 saturated carbocycles. The standard InChI is InChI=1S/C20H25N3O3/c24-18-15-5-1-2-6-16(15)22-20(26)17(18)19(25)21-13-7-9-14(10-8-13)23-11-3-4-12-23/h7-10,15-16,24H,1-6,11-12H2,(H,21,25)(H,22,26). The third kappa shape index (κ3) is 3.16. The number of anilines is 2. The van der Waals surface area contributed by atoms with E-state index in [2.05, 4.69) is 15.5 Å². The molecule has 0 radical (unpaired) electrons. The normalized spacial score (nSPS) is 25.7. The molecular weight excluding hydrogens is 330 g/mol. The molecule has 2 aliphatic heterocycles. The van der Waals surface area contributed by atoms with Crippen LogP contribution in [0.2, 0.25) is 0 Å². The first-order valence-corrected chi connectivity index (χ1v) is 9.54. The van der Waals surface area contributed by atoms with Gasteiger partial charge in [-0.3, -0.25) is 9.59 Å². The number of aliphatic hydroxyl groups excluding tert-OH is 1. The third-order valence-electron chi connectivity index (χ3n) is 5.74. The van der Waals surface area contributed by atoms with Crippen LogP contribution in [-0.2, 0) is 9.59 Å². The summed E-state index contributed by atoms with van der Waals surface area (Å²) < 4.78 is 0. The number of amides is 2. The molecule has 0 spiro atoms. The topological polar surface area (TPSA) is 81.7 Å². The van der Waals surface area contributed by atoms with E-state index in [-0.39, 0.29) is 23.3 Å². The van der Waals surface area contributed by atoms with Crippen LogP contribution in [-0.4, -0.2) is 36.1 Å². The molecule has 1 aromatic carbocycles. The van der Waals surface area contributed by atoms with Gasteiger partial charge in [-0.2, -0.15) is 0 Å². The minimum atomic E-state index is -0.544. The second kappa shape index (κ2) is 7.02. The molecule has 1 aliphatic carbocycles. The first kappa shape index (κ1) is 16.9. The van der Waals surface area contributed by atoms with Gasteiger partial charge in [0.1, 0.15) is 11.3 Å². The van der Waals surface area contributed by atoms with Crippen LogP contribution in [0.4, 0.5) is 11.4 Å². The fourth-order valence-electron chi connectivity index (χ4n) is 4.32. The molecule has 2 heterocycles. The molecule has 3 aliphatic rings. The SMILES string of the molecule is O=C(Nc1ccc(N2CCCC2)cc1)C1=C(O)C2CCCCC2NC1=O. The van der Waals surface area contributed by atoms with Crippen molar-refractivity contribution >= 4 is 23.2 Å².